The highest BCUT2D eigenvalue weighted by Crippen LogP contribution is 2.26. The summed E-state index contributed by atoms with van der Waals surface area (Å²) in [6.07, 6.45) is 3.52. The van der Waals surface area contributed by atoms with Crippen LogP contribution in [-0.4, -0.2) is 21.5 Å². The highest BCUT2D eigenvalue weighted by molar-refractivity contribution is 9.10. The van der Waals surface area contributed by atoms with Gasteiger partial charge in [0.1, 0.15) is 0 Å². The van der Waals surface area contributed by atoms with Crippen LogP contribution in [0.4, 0.5) is 0 Å². The van der Waals surface area contributed by atoms with Crippen LogP contribution < -0.4 is 5.32 Å². The Bertz CT molecular complexity index is 501. The molecule has 0 spiro atoms. The van der Waals surface area contributed by atoms with Crippen LogP contribution >= 0.6 is 27.5 Å². The Morgan fingerprint density at radius 1 is 1.50 bits per heavy atom. The van der Waals surface area contributed by atoms with Crippen molar-refractivity contribution in [1.29, 1.82) is 0 Å². The van der Waals surface area contributed by atoms with E-state index in [9.17, 15) is 0 Å². The fraction of sp³-hybridized carbons (Fsp3) is 0.333. The van der Waals surface area contributed by atoms with Crippen LogP contribution in [0.15, 0.2) is 35.1 Å². The quantitative estimate of drug-likeness (QED) is 0.917. The molecule has 6 heteroatoms. The van der Waals surface area contributed by atoms with E-state index in [2.05, 4.69) is 38.5 Å². The molecule has 0 saturated carbocycles. The summed E-state index contributed by atoms with van der Waals surface area (Å²) >= 11 is 9.61. The highest BCUT2D eigenvalue weighted by atomic mass is 79.9. The van der Waals surface area contributed by atoms with Gasteiger partial charge < -0.3 is 5.32 Å². The summed E-state index contributed by atoms with van der Waals surface area (Å²) in [5.74, 6) is 0. The summed E-state index contributed by atoms with van der Waals surface area (Å²) in [6, 6.07) is 6.14. The second-order valence-corrected chi connectivity index (χ2v) is 5.33. The van der Waals surface area contributed by atoms with Gasteiger partial charge in [-0.1, -0.05) is 38.8 Å². The Morgan fingerprint density at radius 3 is 3.00 bits per heavy atom. The molecule has 1 aromatic heterocycles. The third-order valence-corrected chi connectivity index (χ3v) is 3.51. The first-order valence-electron chi connectivity index (χ1n) is 5.69. The Kier molecular flexibility index (Phi) is 4.74. The molecule has 0 aliphatic carbocycles. The van der Waals surface area contributed by atoms with E-state index >= 15 is 0 Å². The zero-order valence-electron chi connectivity index (χ0n) is 9.98. The number of nitrogens with one attached hydrogen (secondary N) is 1. The first kappa shape index (κ1) is 13.5. The van der Waals surface area contributed by atoms with E-state index in [-0.39, 0.29) is 6.04 Å². The lowest BCUT2D eigenvalue weighted by Gasteiger charge is -2.15. The molecule has 1 N–H and O–H groups in total. The van der Waals surface area contributed by atoms with Gasteiger partial charge in [-0.3, -0.25) is 4.68 Å². The molecule has 1 aromatic carbocycles. The van der Waals surface area contributed by atoms with E-state index in [0.29, 0.717) is 0 Å². The maximum Gasteiger partial charge on any atom is 0.0692 e. The van der Waals surface area contributed by atoms with Crippen LogP contribution in [0.5, 0.6) is 0 Å². The minimum Gasteiger partial charge on any atom is -0.308 e. The average molecular weight is 330 g/mol. The minimum atomic E-state index is 0.203. The van der Waals surface area contributed by atoms with Crippen molar-refractivity contribution in [2.75, 3.05) is 6.54 Å². The molecule has 2 rings (SSSR count). The second kappa shape index (κ2) is 6.31. The van der Waals surface area contributed by atoms with Gasteiger partial charge in [-0.2, -0.15) is 0 Å². The molecule has 0 aliphatic heterocycles. The Balaban J connectivity index is 1.89. The van der Waals surface area contributed by atoms with Gasteiger partial charge in [0.05, 0.1) is 12.7 Å². The molecule has 96 valence electrons. The van der Waals surface area contributed by atoms with Gasteiger partial charge >= 0.3 is 0 Å². The van der Waals surface area contributed by atoms with E-state index in [1.165, 1.54) is 0 Å². The van der Waals surface area contributed by atoms with Gasteiger partial charge in [-0.25, -0.2) is 0 Å². The summed E-state index contributed by atoms with van der Waals surface area (Å²) in [5.41, 5.74) is 1.10. The van der Waals surface area contributed by atoms with E-state index < -0.39 is 0 Å². The molecule has 2 aromatic rings. The summed E-state index contributed by atoms with van der Waals surface area (Å²) in [7, 11) is 0. The van der Waals surface area contributed by atoms with E-state index in [1.54, 1.807) is 10.9 Å². The number of hydrogen-bond acceptors (Lipinski definition) is 3. The Hall–Kier alpha value is -0.910. The third-order valence-electron chi connectivity index (χ3n) is 2.69. The summed E-state index contributed by atoms with van der Waals surface area (Å²) in [6.45, 7) is 3.70. The van der Waals surface area contributed by atoms with Crippen LogP contribution in [0.1, 0.15) is 18.5 Å². The maximum atomic E-state index is 6.21. The van der Waals surface area contributed by atoms with Crippen molar-refractivity contribution in [1.82, 2.24) is 20.3 Å². The monoisotopic (exact) mass is 328 g/mol. The molecule has 18 heavy (non-hydrogen) atoms. The van der Waals surface area contributed by atoms with Crippen LogP contribution in [0, 0.1) is 0 Å². The summed E-state index contributed by atoms with van der Waals surface area (Å²) < 4.78 is 2.79. The lowest BCUT2D eigenvalue weighted by molar-refractivity contribution is 0.499. The van der Waals surface area contributed by atoms with Gasteiger partial charge in [-0.15, -0.1) is 5.10 Å². The normalized spacial score (nSPS) is 12.6. The van der Waals surface area contributed by atoms with Gasteiger partial charge in [0, 0.05) is 28.3 Å². The number of halogens is 2. The molecular formula is C12H14BrClN4. The molecule has 0 amide bonds. The lowest BCUT2D eigenvalue weighted by Crippen LogP contribution is -2.23. The Morgan fingerprint density at radius 2 is 2.33 bits per heavy atom. The van der Waals surface area contributed by atoms with Gasteiger partial charge in [0.15, 0.2) is 0 Å². The molecule has 0 fully saturated rings. The van der Waals surface area contributed by atoms with Crippen molar-refractivity contribution >= 4 is 27.5 Å². The largest absolute Gasteiger partial charge is 0.308 e. The molecule has 4 nitrogen and oxygen atoms in total. The summed E-state index contributed by atoms with van der Waals surface area (Å²) in [5, 5.41) is 11.8. The van der Waals surface area contributed by atoms with Crippen LogP contribution in [0.3, 0.4) is 0 Å². The van der Waals surface area contributed by atoms with Crippen molar-refractivity contribution in [2.45, 2.75) is 19.5 Å². The SMILES string of the molecule is CC(NCCn1ccnn1)c1ccc(Br)cc1Cl. The number of aromatic nitrogens is 3. The Labute approximate surface area is 119 Å². The predicted octanol–water partition coefficient (Wildman–Crippen LogP) is 3.04. The first-order valence-corrected chi connectivity index (χ1v) is 6.86. The van der Waals surface area contributed by atoms with Crippen molar-refractivity contribution < 1.29 is 0 Å². The number of benzene rings is 1. The standard InChI is InChI=1S/C12H14BrClN4/c1-9(11-3-2-10(13)8-12(11)14)15-4-6-18-7-5-16-17-18/h2-3,5,7-9,15H,4,6H2,1H3. The lowest BCUT2D eigenvalue weighted by atomic mass is 10.1. The average Bonchev–Trinajstić information content (AvgIpc) is 2.81. The number of nitrogens with zero attached hydrogens (tertiary/aromatic N) is 3. The fourth-order valence-electron chi connectivity index (χ4n) is 1.71. The van der Waals surface area contributed by atoms with Gasteiger partial charge in [0.2, 0.25) is 0 Å². The van der Waals surface area contributed by atoms with E-state index in [4.69, 9.17) is 11.6 Å². The molecule has 0 aliphatic rings. The molecule has 0 bridgehead atoms. The predicted molar refractivity (Wildman–Crippen MR) is 75.6 cm³/mol. The van der Waals surface area contributed by atoms with Crippen LogP contribution in [0.25, 0.3) is 0 Å². The molecule has 0 saturated heterocycles. The summed E-state index contributed by atoms with van der Waals surface area (Å²) in [4.78, 5) is 0. The zero-order chi connectivity index (χ0) is 13.0. The van der Waals surface area contributed by atoms with Crippen molar-refractivity contribution in [3.05, 3.63) is 45.7 Å². The van der Waals surface area contributed by atoms with Crippen LogP contribution in [-0.2, 0) is 6.54 Å². The smallest absolute Gasteiger partial charge is 0.0692 e. The van der Waals surface area contributed by atoms with Gasteiger partial charge in [0.25, 0.3) is 0 Å². The fourth-order valence-corrected chi connectivity index (χ4v) is 2.55. The number of hydrogen-bond donors (Lipinski definition) is 1. The second-order valence-electron chi connectivity index (χ2n) is 4.01. The van der Waals surface area contributed by atoms with Crippen molar-refractivity contribution in [3.8, 4) is 0 Å². The zero-order valence-corrected chi connectivity index (χ0v) is 12.3. The molecule has 1 atom stereocenters. The van der Waals surface area contributed by atoms with Gasteiger partial charge in [-0.05, 0) is 24.6 Å². The van der Waals surface area contributed by atoms with Crippen molar-refractivity contribution in [2.24, 2.45) is 0 Å². The molecular weight excluding hydrogens is 316 g/mol. The van der Waals surface area contributed by atoms with Crippen molar-refractivity contribution in [3.63, 3.8) is 0 Å². The molecule has 0 radical (unpaired) electrons. The third kappa shape index (κ3) is 3.54. The van der Waals surface area contributed by atoms with E-state index in [0.717, 1.165) is 28.1 Å². The first-order chi connectivity index (χ1) is 8.66. The molecule has 1 heterocycles. The van der Waals surface area contributed by atoms with E-state index in [1.807, 2.05) is 24.4 Å². The number of rotatable bonds is 5. The topological polar surface area (TPSA) is 42.7 Å². The highest BCUT2D eigenvalue weighted by Gasteiger charge is 2.09. The molecule has 1 unspecified atom stereocenters. The minimum absolute atomic E-state index is 0.203. The van der Waals surface area contributed by atoms with Crippen LogP contribution in [0.2, 0.25) is 5.02 Å². The maximum absolute atomic E-state index is 6.21.